The van der Waals surface area contributed by atoms with Crippen LogP contribution >= 0.6 is 11.8 Å². The Morgan fingerprint density at radius 3 is 2.13 bits per heavy atom. The molecule has 1 aromatic heterocycles. The van der Waals surface area contributed by atoms with Crippen molar-refractivity contribution in [3.63, 3.8) is 0 Å². The fraction of sp³-hybridized carbons (Fsp3) is 0.333. The van der Waals surface area contributed by atoms with Crippen molar-refractivity contribution >= 4 is 106 Å². The SMILES string of the molecule is CC1(C)S[C@@H]2[C@H](NC(=O)c3nc4ccccc4nc3C(=O)O)C(=O)N2[C@H]1C(=O)O.[Na].[Na]. The van der Waals surface area contributed by atoms with Crippen LogP contribution in [0, 0.1) is 0 Å². The summed E-state index contributed by atoms with van der Waals surface area (Å²) in [6.45, 7) is 3.44. The van der Waals surface area contributed by atoms with Crippen LogP contribution in [0.15, 0.2) is 24.3 Å². The number of carboxylic acids is 2. The van der Waals surface area contributed by atoms with Crippen molar-refractivity contribution in [2.45, 2.75) is 36.1 Å². The van der Waals surface area contributed by atoms with Gasteiger partial charge in [0.05, 0.1) is 11.0 Å². The summed E-state index contributed by atoms with van der Waals surface area (Å²) in [4.78, 5) is 57.7. The molecule has 2 amide bonds. The first-order chi connectivity index (χ1) is 13.6. The number of benzene rings is 1. The summed E-state index contributed by atoms with van der Waals surface area (Å²) in [5, 5.41) is 20.8. The van der Waals surface area contributed by atoms with E-state index in [2.05, 4.69) is 15.3 Å². The van der Waals surface area contributed by atoms with E-state index in [4.69, 9.17) is 0 Å². The van der Waals surface area contributed by atoms with Crippen molar-refractivity contribution in [1.82, 2.24) is 20.2 Å². The smallest absolute Gasteiger partial charge is 0.357 e. The fourth-order valence-electron chi connectivity index (χ4n) is 3.66. The maximum Gasteiger partial charge on any atom is 0.357 e. The molecule has 13 heteroatoms. The molecule has 3 heterocycles. The van der Waals surface area contributed by atoms with Gasteiger partial charge in [-0.15, -0.1) is 11.8 Å². The van der Waals surface area contributed by atoms with Gasteiger partial charge in [0.2, 0.25) is 5.91 Å². The average Bonchev–Trinajstić information content (AvgIpc) is 2.92. The number of carboxylic acid groups (broad SMARTS) is 2. The van der Waals surface area contributed by atoms with E-state index >= 15 is 0 Å². The molecule has 0 saturated carbocycles. The molecule has 152 valence electrons. The van der Waals surface area contributed by atoms with E-state index in [9.17, 15) is 29.4 Å². The van der Waals surface area contributed by atoms with Crippen LogP contribution in [0.5, 0.6) is 0 Å². The molecule has 2 aliphatic rings. The number of para-hydroxylation sites is 2. The number of nitrogens with one attached hydrogen (secondary N) is 1. The summed E-state index contributed by atoms with van der Waals surface area (Å²) in [5.74, 6) is -3.91. The predicted molar refractivity (Wildman–Crippen MR) is 113 cm³/mol. The van der Waals surface area contributed by atoms with Crippen LogP contribution in [0.25, 0.3) is 11.0 Å². The van der Waals surface area contributed by atoms with Crippen LogP contribution in [0.4, 0.5) is 0 Å². The number of fused-ring (bicyclic) bond motifs is 2. The van der Waals surface area contributed by atoms with Gasteiger partial charge in [-0.2, -0.15) is 0 Å². The topological polar surface area (TPSA) is 150 Å². The van der Waals surface area contributed by atoms with Gasteiger partial charge in [0.25, 0.3) is 5.91 Å². The molecule has 2 saturated heterocycles. The molecule has 0 spiro atoms. The Balaban J connectivity index is 0.00000171. The van der Waals surface area contributed by atoms with Crippen molar-refractivity contribution in [3.8, 4) is 0 Å². The van der Waals surface area contributed by atoms with Crippen molar-refractivity contribution < 1.29 is 29.4 Å². The summed E-state index contributed by atoms with van der Waals surface area (Å²) < 4.78 is -0.735. The molecule has 2 radical (unpaired) electrons. The molecule has 3 N–H and O–H groups in total. The number of amides is 2. The van der Waals surface area contributed by atoms with Gasteiger partial charge in [-0.25, -0.2) is 19.6 Å². The number of β-lactam (4-membered cyclic amide) rings is 1. The number of aromatic nitrogens is 2. The Morgan fingerprint density at radius 1 is 1.06 bits per heavy atom. The zero-order valence-corrected chi connectivity index (χ0v) is 22.1. The van der Waals surface area contributed by atoms with Gasteiger partial charge in [-0.1, -0.05) is 12.1 Å². The number of hydrogen-bond acceptors (Lipinski definition) is 7. The summed E-state index contributed by atoms with van der Waals surface area (Å²) >= 11 is 1.27. The predicted octanol–water partition coefficient (Wildman–Crippen LogP) is -0.188. The second-order valence-electron chi connectivity index (χ2n) is 7.26. The third-order valence-electron chi connectivity index (χ3n) is 4.95. The maximum atomic E-state index is 12.8. The van der Waals surface area contributed by atoms with Crippen LogP contribution < -0.4 is 5.32 Å². The standard InChI is InChI=1S/C18H16N4O6S.2Na/c1-18(2)12(17(27)28)22-14(24)11(15(22)29-18)21-13(23)9-10(16(25)26)20-8-6-4-3-5-7(8)19-9;;/h3-6,11-12,15H,1-2H3,(H,21,23)(H,25,26)(H,27,28);;/t11-,12+,15-;;/m1../s1. The second-order valence-corrected chi connectivity index (χ2v) is 9.03. The largest absolute Gasteiger partial charge is 0.480 e. The summed E-state index contributed by atoms with van der Waals surface area (Å²) in [6, 6.07) is 4.54. The normalized spacial score (nSPS) is 23.1. The van der Waals surface area contributed by atoms with E-state index in [0.717, 1.165) is 0 Å². The van der Waals surface area contributed by atoms with E-state index in [1.54, 1.807) is 38.1 Å². The molecule has 2 aromatic rings. The summed E-state index contributed by atoms with van der Waals surface area (Å²) in [6.07, 6.45) is 0. The van der Waals surface area contributed by atoms with Gasteiger partial charge in [0.1, 0.15) is 17.5 Å². The molecule has 2 aliphatic heterocycles. The molecule has 4 rings (SSSR count). The quantitative estimate of drug-likeness (QED) is 0.415. The number of thioether (sulfide) groups is 1. The van der Waals surface area contributed by atoms with Gasteiger partial charge in [-0.05, 0) is 26.0 Å². The molecule has 0 unspecified atom stereocenters. The molecule has 0 bridgehead atoms. The number of aromatic carboxylic acids is 1. The van der Waals surface area contributed by atoms with Crippen molar-refractivity contribution in [3.05, 3.63) is 35.7 Å². The molecule has 0 aliphatic carbocycles. The van der Waals surface area contributed by atoms with E-state index in [1.165, 1.54) is 16.7 Å². The number of carbonyl (C=O) groups excluding carboxylic acids is 2. The van der Waals surface area contributed by atoms with E-state index in [0.29, 0.717) is 11.0 Å². The van der Waals surface area contributed by atoms with Crippen molar-refractivity contribution in [2.75, 3.05) is 0 Å². The van der Waals surface area contributed by atoms with Crippen molar-refractivity contribution in [2.24, 2.45) is 0 Å². The first kappa shape index (κ1) is 26.0. The van der Waals surface area contributed by atoms with Gasteiger partial charge in [-0.3, -0.25) is 9.59 Å². The zero-order chi connectivity index (χ0) is 21.1. The number of rotatable bonds is 4. The minimum atomic E-state index is -1.42. The van der Waals surface area contributed by atoms with Gasteiger partial charge < -0.3 is 20.4 Å². The molecule has 31 heavy (non-hydrogen) atoms. The number of hydrogen-bond donors (Lipinski definition) is 3. The minimum Gasteiger partial charge on any atom is -0.480 e. The third-order valence-corrected chi connectivity index (χ3v) is 6.52. The van der Waals surface area contributed by atoms with Gasteiger partial charge in [0.15, 0.2) is 11.4 Å². The van der Waals surface area contributed by atoms with Crippen LogP contribution in [0.2, 0.25) is 0 Å². The van der Waals surface area contributed by atoms with Gasteiger partial charge >= 0.3 is 11.9 Å². The fourth-order valence-corrected chi connectivity index (χ4v) is 5.29. The third kappa shape index (κ3) is 4.37. The minimum absolute atomic E-state index is 0. The molecule has 10 nitrogen and oxygen atoms in total. The Morgan fingerprint density at radius 2 is 1.61 bits per heavy atom. The first-order valence-electron chi connectivity index (χ1n) is 8.65. The number of carbonyl (C=O) groups is 4. The van der Waals surface area contributed by atoms with Crippen LogP contribution in [0.3, 0.4) is 0 Å². The monoisotopic (exact) mass is 462 g/mol. The van der Waals surface area contributed by atoms with E-state index in [-0.39, 0.29) is 59.1 Å². The second kappa shape index (κ2) is 9.34. The Kier molecular flexibility index (Phi) is 7.85. The molecule has 1 aromatic carbocycles. The average molecular weight is 462 g/mol. The Bertz CT molecular complexity index is 1100. The van der Waals surface area contributed by atoms with E-state index in [1.807, 2.05) is 0 Å². The summed E-state index contributed by atoms with van der Waals surface area (Å²) in [7, 11) is 0. The molecule has 3 atom stereocenters. The van der Waals surface area contributed by atoms with Gasteiger partial charge in [0, 0.05) is 63.9 Å². The van der Waals surface area contributed by atoms with Crippen LogP contribution in [0.1, 0.15) is 34.8 Å². The first-order valence-corrected chi connectivity index (χ1v) is 9.53. The molecular formula is C18H16N4Na2O6S. The van der Waals surface area contributed by atoms with E-state index < -0.39 is 57.3 Å². The Labute approximate surface area is 225 Å². The van der Waals surface area contributed by atoms with Crippen LogP contribution in [-0.4, -0.2) is 130 Å². The van der Waals surface area contributed by atoms with Crippen molar-refractivity contribution in [1.29, 1.82) is 0 Å². The zero-order valence-electron chi connectivity index (χ0n) is 17.3. The van der Waals surface area contributed by atoms with Crippen LogP contribution in [-0.2, 0) is 9.59 Å². The molecule has 2 fully saturated rings. The Hall–Kier alpha value is -1.21. The summed E-state index contributed by atoms with van der Waals surface area (Å²) in [5.41, 5.74) is -0.261. The maximum absolute atomic E-state index is 12.8. The number of aliphatic carboxylic acids is 1. The number of nitrogens with zero attached hydrogens (tertiary/aromatic N) is 3. The molecular weight excluding hydrogens is 446 g/mol.